The van der Waals surface area contributed by atoms with E-state index in [1.807, 2.05) is 27.7 Å². The van der Waals surface area contributed by atoms with Gasteiger partial charge in [-0.25, -0.2) is 9.59 Å². The summed E-state index contributed by atoms with van der Waals surface area (Å²) in [6.07, 6.45) is 3.46. The Morgan fingerprint density at radius 3 is 2.24 bits per heavy atom. The molecule has 55 heavy (non-hydrogen) atoms. The van der Waals surface area contributed by atoms with E-state index in [9.17, 15) is 33.6 Å². The van der Waals surface area contributed by atoms with Crippen molar-refractivity contribution in [2.24, 2.45) is 23.5 Å². The van der Waals surface area contributed by atoms with Gasteiger partial charge in [0.15, 0.2) is 13.0 Å². The van der Waals surface area contributed by atoms with Gasteiger partial charge < -0.3 is 46.7 Å². The highest BCUT2D eigenvalue weighted by atomic mass is 32.1. The number of hydrogen-bond donors (Lipinski definition) is 6. The molecule has 1 aromatic carbocycles. The Kier molecular flexibility index (Phi) is 20.2. The van der Waals surface area contributed by atoms with E-state index in [4.69, 9.17) is 22.7 Å². The number of nitrogens with zero attached hydrogens (tertiary/aromatic N) is 2. The first-order valence-electron chi connectivity index (χ1n) is 19.1. The topological polar surface area (TPSA) is 221 Å². The summed E-state index contributed by atoms with van der Waals surface area (Å²) in [7, 11) is 3.00. The molecule has 7 N–H and O–H groups in total. The third-order valence-electron chi connectivity index (χ3n) is 9.52. The predicted molar refractivity (Wildman–Crippen MR) is 215 cm³/mol. The number of amides is 7. The van der Waals surface area contributed by atoms with Gasteiger partial charge in [0, 0.05) is 51.8 Å². The summed E-state index contributed by atoms with van der Waals surface area (Å²) in [4.78, 5) is 89.7. The molecular formula is C37H59BN8O8S. The SMILES string of the molecule is BC(=O)CCN(C)C(=O)OCc1ccc(NC(=O)[C@H](CCCNC(N)=O)NC(=O)[C@@H](NC(=S)NCCCCN2C(=O)CC(C(CC)CC)C2=O)C(C)C)cc1. The van der Waals surface area contributed by atoms with Gasteiger partial charge >= 0.3 is 12.1 Å². The summed E-state index contributed by atoms with van der Waals surface area (Å²) < 4.78 is 5.30. The minimum Gasteiger partial charge on any atom is -0.445 e. The molecule has 1 aromatic rings. The lowest BCUT2D eigenvalue weighted by Crippen LogP contribution is -2.56. The molecule has 0 saturated carbocycles. The van der Waals surface area contributed by atoms with E-state index in [0.717, 1.165) is 12.8 Å². The normalized spacial score (nSPS) is 15.0. The van der Waals surface area contributed by atoms with E-state index in [1.165, 1.54) is 17.6 Å². The molecule has 3 atom stereocenters. The Bertz CT molecular complexity index is 1490. The average Bonchev–Trinajstić information content (AvgIpc) is 3.41. The second-order valence-electron chi connectivity index (χ2n) is 14.2. The van der Waals surface area contributed by atoms with Crippen molar-refractivity contribution in [2.45, 2.75) is 97.8 Å². The van der Waals surface area contributed by atoms with Crippen LogP contribution in [0.2, 0.25) is 0 Å². The zero-order valence-electron chi connectivity index (χ0n) is 33.0. The number of nitrogens with one attached hydrogen (secondary N) is 5. The maximum atomic E-state index is 13.6. The molecule has 1 aliphatic rings. The van der Waals surface area contributed by atoms with Gasteiger partial charge in [-0.3, -0.25) is 24.1 Å². The van der Waals surface area contributed by atoms with E-state index in [2.05, 4.69) is 26.6 Å². The molecular weight excluding hydrogens is 727 g/mol. The van der Waals surface area contributed by atoms with Gasteiger partial charge in [-0.05, 0) is 67.4 Å². The minimum absolute atomic E-state index is 0.0110. The highest BCUT2D eigenvalue weighted by Gasteiger charge is 2.41. The number of benzene rings is 1. The fraction of sp³-hybridized carbons (Fsp3) is 0.622. The molecule has 2 rings (SSSR count). The first-order chi connectivity index (χ1) is 26.1. The molecule has 0 aliphatic carbocycles. The first kappa shape index (κ1) is 46.4. The Morgan fingerprint density at radius 1 is 0.982 bits per heavy atom. The number of likely N-dealkylation sites (tertiary alicyclic amines) is 1. The number of rotatable bonds is 23. The summed E-state index contributed by atoms with van der Waals surface area (Å²) in [5, 5.41) is 14.5. The van der Waals surface area contributed by atoms with Crippen molar-refractivity contribution in [3.8, 4) is 0 Å². The van der Waals surface area contributed by atoms with Crippen molar-refractivity contribution in [3.63, 3.8) is 0 Å². The smallest absolute Gasteiger partial charge is 0.409 e. The number of hydrogen-bond acceptors (Lipinski definition) is 9. The lowest BCUT2D eigenvalue weighted by molar-refractivity contribution is -0.140. The van der Waals surface area contributed by atoms with Crippen LogP contribution in [0.1, 0.15) is 84.6 Å². The van der Waals surface area contributed by atoms with Crippen LogP contribution in [0.3, 0.4) is 0 Å². The van der Waals surface area contributed by atoms with E-state index < -0.39 is 36.0 Å². The number of anilines is 1. The van der Waals surface area contributed by atoms with Gasteiger partial charge in [0.25, 0.3) is 0 Å². The summed E-state index contributed by atoms with van der Waals surface area (Å²) >= 11 is 5.48. The summed E-state index contributed by atoms with van der Waals surface area (Å²) in [6, 6.07) is 4.19. The fourth-order valence-corrected chi connectivity index (χ4v) is 6.36. The number of urea groups is 1. The molecule has 16 nitrogen and oxygen atoms in total. The zero-order chi connectivity index (χ0) is 41.1. The second-order valence-corrected chi connectivity index (χ2v) is 14.6. The molecule has 1 aliphatic heterocycles. The molecule has 1 unspecified atom stereocenters. The largest absolute Gasteiger partial charge is 0.445 e. The Morgan fingerprint density at radius 2 is 1.64 bits per heavy atom. The van der Waals surface area contributed by atoms with Crippen LogP contribution in [0.25, 0.3) is 0 Å². The van der Waals surface area contributed by atoms with Crippen LogP contribution in [-0.2, 0) is 35.3 Å². The molecule has 18 heteroatoms. The molecule has 0 spiro atoms. The Balaban J connectivity index is 1.94. The van der Waals surface area contributed by atoms with Gasteiger partial charge in [0.05, 0.1) is 11.6 Å². The molecule has 1 saturated heterocycles. The predicted octanol–water partition coefficient (Wildman–Crippen LogP) is 1.76. The highest BCUT2D eigenvalue weighted by Crippen LogP contribution is 2.31. The number of primary amides is 1. The van der Waals surface area contributed by atoms with Crippen molar-refractivity contribution in [1.29, 1.82) is 0 Å². The lowest BCUT2D eigenvalue weighted by Gasteiger charge is -2.26. The highest BCUT2D eigenvalue weighted by molar-refractivity contribution is 7.80. The van der Waals surface area contributed by atoms with Crippen molar-refractivity contribution in [1.82, 2.24) is 31.1 Å². The number of thiocarbonyl (C=S) groups is 1. The average molecular weight is 787 g/mol. The van der Waals surface area contributed by atoms with Gasteiger partial charge in [-0.15, -0.1) is 0 Å². The maximum absolute atomic E-state index is 13.6. The van der Waals surface area contributed by atoms with Crippen LogP contribution in [0.4, 0.5) is 15.3 Å². The van der Waals surface area contributed by atoms with Crippen molar-refractivity contribution < 1.29 is 38.3 Å². The van der Waals surface area contributed by atoms with Crippen molar-refractivity contribution in [3.05, 3.63) is 29.8 Å². The second kappa shape index (κ2) is 23.9. The molecule has 0 radical (unpaired) electrons. The van der Waals surface area contributed by atoms with Crippen molar-refractivity contribution >= 4 is 72.3 Å². The van der Waals surface area contributed by atoms with Crippen molar-refractivity contribution in [2.75, 3.05) is 38.5 Å². The summed E-state index contributed by atoms with van der Waals surface area (Å²) in [6.45, 7) is 9.02. The van der Waals surface area contributed by atoms with Crippen LogP contribution in [0, 0.1) is 17.8 Å². The van der Waals surface area contributed by atoms with E-state index in [1.54, 1.807) is 31.3 Å². The number of ether oxygens (including phenoxy) is 1. The number of carbonyl (C=O) groups is 7. The molecule has 304 valence electrons. The Labute approximate surface area is 330 Å². The Hall–Kier alpha value is -4.74. The maximum Gasteiger partial charge on any atom is 0.409 e. The number of carbonyl (C=O) groups excluding carboxylic acids is 7. The van der Waals surface area contributed by atoms with Gasteiger partial charge in [0.2, 0.25) is 23.6 Å². The monoisotopic (exact) mass is 786 g/mol. The van der Waals surface area contributed by atoms with E-state index in [-0.39, 0.29) is 79.3 Å². The molecule has 1 fully saturated rings. The number of imide groups is 1. The van der Waals surface area contributed by atoms with Crippen LogP contribution in [0.15, 0.2) is 24.3 Å². The molecule has 0 bridgehead atoms. The third-order valence-corrected chi connectivity index (χ3v) is 9.79. The van der Waals surface area contributed by atoms with Crippen LogP contribution >= 0.6 is 12.2 Å². The minimum atomic E-state index is -0.974. The van der Waals surface area contributed by atoms with Gasteiger partial charge in [0.1, 0.15) is 18.7 Å². The summed E-state index contributed by atoms with van der Waals surface area (Å²) in [5.74, 6) is -1.37. The first-order valence-corrected chi connectivity index (χ1v) is 19.5. The zero-order valence-corrected chi connectivity index (χ0v) is 33.9. The quantitative estimate of drug-likeness (QED) is 0.0406. The van der Waals surface area contributed by atoms with Crippen LogP contribution in [0.5, 0.6) is 0 Å². The molecule has 1 heterocycles. The fourth-order valence-electron chi connectivity index (χ4n) is 6.13. The number of unbranched alkanes of at least 4 members (excludes halogenated alkanes) is 1. The standard InChI is InChI=1S/C37H59BN8O8S/c1-6-25(7-2)27-21-30(48)46(34(27)51)19-9-8-17-41-36(55)44-31(23(3)4)33(50)43-28(11-10-18-40-35(39)52)32(49)42-26-14-12-24(13-15-26)22-54-37(53)45(5)20-16-29(38)47/h12-15,23,25,27-28,31H,6-11,16-22,38H2,1-5H3,(H,42,49)(H,43,50)(H3,39,40,52)(H2,41,44,55)/t27?,28-,31-/m0/s1. The van der Waals surface area contributed by atoms with Crippen LogP contribution < -0.4 is 32.3 Å². The van der Waals surface area contributed by atoms with Gasteiger partial charge in [-0.2, -0.15) is 0 Å². The lowest BCUT2D eigenvalue weighted by atomic mass is 9.87. The molecule has 7 amide bonds. The van der Waals surface area contributed by atoms with E-state index >= 15 is 0 Å². The third kappa shape index (κ3) is 16.3. The van der Waals surface area contributed by atoms with E-state index in [0.29, 0.717) is 43.6 Å². The van der Waals surface area contributed by atoms with Gasteiger partial charge in [-0.1, -0.05) is 52.7 Å². The number of nitrogens with two attached hydrogens (primary N) is 1. The summed E-state index contributed by atoms with van der Waals surface area (Å²) in [5.41, 5.74) is 6.27. The molecule has 0 aromatic heterocycles. The van der Waals surface area contributed by atoms with Crippen LogP contribution in [-0.4, -0.2) is 110 Å².